The second-order valence-electron chi connectivity index (χ2n) is 4.91. The Morgan fingerprint density at radius 1 is 1.13 bits per heavy atom. The highest BCUT2D eigenvalue weighted by Gasteiger charge is 2.12. The van der Waals surface area contributed by atoms with E-state index in [1.165, 1.54) is 6.07 Å². The third-order valence-corrected chi connectivity index (χ3v) is 3.77. The summed E-state index contributed by atoms with van der Waals surface area (Å²) in [5.41, 5.74) is 1.63. The summed E-state index contributed by atoms with van der Waals surface area (Å²) in [6, 6.07) is 10.1. The highest BCUT2D eigenvalue weighted by Crippen LogP contribution is 2.32. The monoisotopic (exact) mass is 352 g/mol. The molecule has 1 aliphatic rings. The van der Waals surface area contributed by atoms with Crippen LogP contribution < -0.4 is 20.1 Å². The molecular formula is C16H14ClFN2O2S. The lowest BCUT2D eigenvalue weighted by atomic mass is 10.2. The molecule has 2 aromatic rings. The van der Waals surface area contributed by atoms with Crippen LogP contribution in [0.4, 0.5) is 10.1 Å². The molecule has 3 rings (SSSR count). The highest BCUT2D eigenvalue weighted by molar-refractivity contribution is 7.80. The molecule has 1 aliphatic heterocycles. The minimum atomic E-state index is -0.438. The maximum Gasteiger partial charge on any atom is 0.171 e. The maximum atomic E-state index is 13.1. The van der Waals surface area contributed by atoms with Gasteiger partial charge in [-0.2, -0.15) is 0 Å². The fourth-order valence-corrected chi connectivity index (χ4v) is 2.52. The average molecular weight is 353 g/mol. The van der Waals surface area contributed by atoms with Crippen LogP contribution in [0.5, 0.6) is 11.5 Å². The molecule has 4 nitrogen and oxygen atoms in total. The van der Waals surface area contributed by atoms with Crippen LogP contribution in [0.2, 0.25) is 5.02 Å². The molecule has 0 radical (unpaired) electrons. The first-order valence-corrected chi connectivity index (χ1v) is 7.79. The normalized spacial score (nSPS) is 12.6. The van der Waals surface area contributed by atoms with Crippen LogP contribution in [-0.4, -0.2) is 18.3 Å². The molecule has 0 bridgehead atoms. The van der Waals surface area contributed by atoms with Gasteiger partial charge in [-0.1, -0.05) is 17.7 Å². The van der Waals surface area contributed by atoms with Crippen molar-refractivity contribution in [3.8, 4) is 11.5 Å². The molecule has 0 spiro atoms. The summed E-state index contributed by atoms with van der Waals surface area (Å²) < 4.78 is 24.1. The van der Waals surface area contributed by atoms with Crippen molar-refractivity contribution in [3.05, 3.63) is 52.8 Å². The van der Waals surface area contributed by atoms with Crippen LogP contribution in [0.1, 0.15) is 5.56 Å². The zero-order valence-electron chi connectivity index (χ0n) is 12.1. The number of benzene rings is 2. The molecule has 0 unspecified atom stereocenters. The van der Waals surface area contributed by atoms with E-state index in [9.17, 15) is 4.39 Å². The van der Waals surface area contributed by atoms with E-state index in [0.717, 1.165) is 17.0 Å². The Balaban J connectivity index is 1.57. The van der Waals surface area contributed by atoms with Gasteiger partial charge in [0.05, 0.1) is 5.02 Å². The van der Waals surface area contributed by atoms with Crippen molar-refractivity contribution in [1.29, 1.82) is 0 Å². The van der Waals surface area contributed by atoms with Crippen molar-refractivity contribution >= 4 is 34.6 Å². The Bertz CT molecular complexity index is 742. The van der Waals surface area contributed by atoms with Crippen LogP contribution in [0, 0.1) is 5.82 Å². The van der Waals surface area contributed by atoms with E-state index in [1.54, 1.807) is 12.1 Å². The predicted molar refractivity (Wildman–Crippen MR) is 91.9 cm³/mol. The number of nitrogens with one attached hydrogen (secondary N) is 2. The quantitative estimate of drug-likeness (QED) is 0.824. The molecular weight excluding hydrogens is 339 g/mol. The predicted octanol–water partition coefficient (Wildman–Crippen LogP) is 3.74. The van der Waals surface area contributed by atoms with Crippen LogP contribution in [-0.2, 0) is 6.54 Å². The fourth-order valence-electron chi connectivity index (χ4n) is 2.13. The first-order valence-electron chi connectivity index (χ1n) is 7.00. The number of hydrogen-bond acceptors (Lipinski definition) is 3. The lowest BCUT2D eigenvalue weighted by Crippen LogP contribution is -2.28. The van der Waals surface area contributed by atoms with E-state index in [2.05, 4.69) is 10.6 Å². The van der Waals surface area contributed by atoms with Crippen molar-refractivity contribution in [2.24, 2.45) is 0 Å². The lowest BCUT2D eigenvalue weighted by molar-refractivity contribution is 0.171. The van der Waals surface area contributed by atoms with Crippen molar-refractivity contribution in [3.63, 3.8) is 0 Å². The SMILES string of the molecule is Fc1ccc(CNC(=S)Nc2ccc3c(c2)OCCO3)cc1Cl. The maximum absolute atomic E-state index is 13.1. The first-order chi connectivity index (χ1) is 11.1. The van der Waals surface area contributed by atoms with Gasteiger partial charge in [-0.25, -0.2) is 4.39 Å². The molecule has 120 valence electrons. The molecule has 0 atom stereocenters. The number of halogens is 2. The summed E-state index contributed by atoms with van der Waals surface area (Å²) in [6.45, 7) is 1.53. The van der Waals surface area contributed by atoms with Crippen LogP contribution >= 0.6 is 23.8 Å². The zero-order chi connectivity index (χ0) is 16.2. The number of thiocarbonyl (C=S) groups is 1. The molecule has 23 heavy (non-hydrogen) atoms. The molecule has 2 aromatic carbocycles. The van der Waals surface area contributed by atoms with Gasteiger partial charge >= 0.3 is 0 Å². The Morgan fingerprint density at radius 3 is 2.70 bits per heavy atom. The average Bonchev–Trinajstić information content (AvgIpc) is 2.56. The number of ether oxygens (including phenoxy) is 2. The van der Waals surface area contributed by atoms with Gasteiger partial charge in [0.15, 0.2) is 16.6 Å². The summed E-state index contributed by atoms with van der Waals surface area (Å²) in [7, 11) is 0. The number of anilines is 1. The van der Waals surface area contributed by atoms with Gasteiger partial charge in [-0.3, -0.25) is 0 Å². The largest absolute Gasteiger partial charge is 0.486 e. The minimum Gasteiger partial charge on any atom is -0.486 e. The number of rotatable bonds is 3. The van der Waals surface area contributed by atoms with E-state index in [1.807, 2.05) is 18.2 Å². The zero-order valence-corrected chi connectivity index (χ0v) is 13.6. The topological polar surface area (TPSA) is 42.5 Å². The Morgan fingerprint density at radius 2 is 1.91 bits per heavy atom. The van der Waals surface area contributed by atoms with E-state index >= 15 is 0 Å². The molecule has 0 aliphatic carbocycles. The molecule has 0 amide bonds. The van der Waals surface area contributed by atoms with E-state index in [-0.39, 0.29) is 5.02 Å². The fraction of sp³-hybridized carbons (Fsp3) is 0.188. The molecule has 0 aromatic heterocycles. The summed E-state index contributed by atoms with van der Waals surface area (Å²) in [6.07, 6.45) is 0. The molecule has 0 saturated heterocycles. The van der Waals surface area contributed by atoms with E-state index < -0.39 is 5.82 Å². The second kappa shape index (κ2) is 7.02. The summed E-state index contributed by atoms with van der Waals surface area (Å²) >= 11 is 11.0. The lowest BCUT2D eigenvalue weighted by Gasteiger charge is -2.19. The van der Waals surface area contributed by atoms with Gasteiger partial charge in [0.1, 0.15) is 19.0 Å². The Hall–Kier alpha value is -2.05. The van der Waals surface area contributed by atoms with Crippen LogP contribution in [0.25, 0.3) is 0 Å². The highest BCUT2D eigenvalue weighted by atomic mass is 35.5. The Labute approximate surface area is 143 Å². The van der Waals surface area contributed by atoms with Crippen LogP contribution in [0.3, 0.4) is 0 Å². The van der Waals surface area contributed by atoms with Gasteiger partial charge in [0, 0.05) is 18.3 Å². The van der Waals surface area contributed by atoms with Gasteiger partial charge in [0.25, 0.3) is 0 Å². The van der Waals surface area contributed by atoms with Crippen molar-refractivity contribution in [2.75, 3.05) is 18.5 Å². The number of fused-ring (bicyclic) bond motifs is 1. The molecule has 0 saturated carbocycles. The van der Waals surface area contributed by atoms with Crippen LogP contribution in [0.15, 0.2) is 36.4 Å². The minimum absolute atomic E-state index is 0.0926. The summed E-state index contributed by atoms with van der Waals surface area (Å²) in [4.78, 5) is 0. The molecule has 7 heteroatoms. The summed E-state index contributed by atoms with van der Waals surface area (Å²) in [5, 5.41) is 6.65. The Kier molecular flexibility index (Phi) is 4.83. The van der Waals surface area contributed by atoms with Gasteiger partial charge in [-0.05, 0) is 42.0 Å². The third kappa shape index (κ3) is 4.03. The third-order valence-electron chi connectivity index (χ3n) is 3.24. The smallest absolute Gasteiger partial charge is 0.171 e. The second-order valence-corrected chi connectivity index (χ2v) is 5.73. The van der Waals surface area contributed by atoms with Crippen molar-refractivity contribution in [1.82, 2.24) is 5.32 Å². The number of hydrogen-bond donors (Lipinski definition) is 2. The van der Waals surface area contributed by atoms with Crippen molar-refractivity contribution < 1.29 is 13.9 Å². The van der Waals surface area contributed by atoms with Gasteiger partial charge < -0.3 is 20.1 Å². The molecule has 2 N–H and O–H groups in total. The molecule has 1 heterocycles. The van der Waals surface area contributed by atoms with Gasteiger partial charge in [-0.15, -0.1) is 0 Å². The standard InChI is InChI=1S/C16H14ClFN2O2S/c17-12-7-10(1-3-13(12)18)9-19-16(23)20-11-2-4-14-15(8-11)22-6-5-21-14/h1-4,7-8H,5-6,9H2,(H2,19,20,23). The van der Waals surface area contributed by atoms with E-state index in [4.69, 9.17) is 33.3 Å². The first kappa shape index (κ1) is 15.8. The van der Waals surface area contributed by atoms with E-state index in [0.29, 0.717) is 30.6 Å². The molecule has 0 fully saturated rings. The summed E-state index contributed by atoms with van der Waals surface area (Å²) in [5.74, 6) is 0.975. The van der Waals surface area contributed by atoms with Gasteiger partial charge in [0.2, 0.25) is 0 Å². The van der Waals surface area contributed by atoms with Crippen molar-refractivity contribution in [2.45, 2.75) is 6.54 Å².